The van der Waals surface area contributed by atoms with Crippen LogP contribution in [0, 0.1) is 40.4 Å². The molecule has 10 nitrogen and oxygen atoms in total. The maximum absolute atomic E-state index is 13.9. The van der Waals surface area contributed by atoms with Gasteiger partial charge in [-0.25, -0.2) is 0 Å². The Balaban J connectivity index is 1.31. The minimum Gasteiger partial charge on any atom is -0.394 e. The topological polar surface area (TPSA) is 177 Å². The maximum atomic E-state index is 13.9. The molecule has 15 atom stereocenters. The number of fused-ring (bicyclic) bond motifs is 5. The van der Waals surface area contributed by atoms with Gasteiger partial charge in [0.15, 0.2) is 6.29 Å². The van der Waals surface area contributed by atoms with E-state index in [0.717, 1.165) is 12.8 Å². The summed E-state index contributed by atoms with van der Waals surface area (Å²) >= 11 is 0. The van der Waals surface area contributed by atoms with Crippen molar-refractivity contribution in [3.05, 3.63) is 0 Å². The van der Waals surface area contributed by atoms with E-state index in [1.54, 1.807) is 6.92 Å². The second-order valence-electron chi connectivity index (χ2n) is 15.9. The zero-order chi connectivity index (χ0) is 31.7. The van der Waals surface area contributed by atoms with Crippen LogP contribution in [-0.2, 0) is 14.3 Å². The van der Waals surface area contributed by atoms with E-state index >= 15 is 0 Å². The molecule has 3 unspecified atom stereocenters. The summed E-state index contributed by atoms with van der Waals surface area (Å²) in [5, 5.41) is 75.7. The molecule has 0 spiro atoms. The second-order valence-corrected chi connectivity index (χ2v) is 15.9. The van der Waals surface area contributed by atoms with Crippen molar-refractivity contribution in [1.82, 2.24) is 0 Å². The van der Waals surface area contributed by atoms with Gasteiger partial charge in [0, 0.05) is 17.8 Å². The summed E-state index contributed by atoms with van der Waals surface area (Å²) in [6.45, 7) is 9.62. The first-order chi connectivity index (χ1) is 20.0. The van der Waals surface area contributed by atoms with E-state index in [-0.39, 0.29) is 41.3 Å². The lowest BCUT2D eigenvalue weighted by Gasteiger charge is -2.63. The van der Waals surface area contributed by atoms with Crippen LogP contribution in [0.15, 0.2) is 0 Å². The molecular formula is C33H56O10. The molecule has 248 valence electrons. The maximum Gasteiger partial charge on any atom is 0.186 e. The number of ketones is 1. The molecule has 7 N–H and O–H groups in total. The molecule has 0 aromatic rings. The van der Waals surface area contributed by atoms with Crippen molar-refractivity contribution >= 4 is 5.78 Å². The SMILES string of the molecule is CC(C)CCC(O)[C@](C)(O)[C@H]1CC[C@@]2(O)[C@@H]3CC(=O)C4CC(O[C@@H]5O[C@H](CO)[C@@H](O)[C@@H](O)[C@H]5O)CC[C@]4(C)[C@H]3CC[C@]12C. The Bertz CT molecular complexity index is 1020. The monoisotopic (exact) mass is 612 g/mol. The van der Waals surface area contributed by atoms with Gasteiger partial charge in [0.2, 0.25) is 0 Å². The van der Waals surface area contributed by atoms with Gasteiger partial charge in [-0.05, 0) is 93.8 Å². The lowest BCUT2D eigenvalue weighted by Crippen LogP contribution is -2.66. The average molecular weight is 613 g/mol. The lowest BCUT2D eigenvalue weighted by molar-refractivity contribution is -0.316. The van der Waals surface area contributed by atoms with Crippen molar-refractivity contribution in [1.29, 1.82) is 0 Å². The van der Waals surface area contributed by atoms with Crippen LogP contribution in [0.2, 0.25) is 0 Å². The molecule has 0 bridgehead atoms. The fraction of sp³-hybridized carbons (Fsp3) is 0.970. The number of Topliss-reactive ketones (excluding diaryl/α,β-unsaturated/α-hetero) is 1. The van der Waals surface area contributed by atoms with E-state index in [9.17, 15) is 40.5 Å². The highest BCUT2D eigenvalue weighted by molar-refractivity contribution is 5.83. The van der Waals surface area contributed by atoms with Gasteiger partial charge in [-0.2, -0.15) is 0 Å². The molecule has 43 heavy (non-hydrogen) atoms. The van der Waals surface area contributed by atoms with Crippen molar-refractivity contribution in [3.8, 4) is 0 Å². The number of hydrogen-bond donors (Lipinski definition) is 7. The molecule has 0 aromatic carbocycles. The van der Waals surface area contributed by atoms with E-state index in [4.69, 9.17) is 9.47 Å². The molecule has 5 rings (SSSR count). The molecule has 0 aromatic heterocycles. The van der Waals surface area contributed by atoms with Crippen molar-refractivity contribution in [2.75, 3.05) is 6.61 Å². The number of carbonyl (C=O) groups excluding carboxylic acids is 1. The Kier molecular flexibility index (Phi) is 9.27. The number of ether oxygens (including phenoxy) is 2. The minimum atomic E-state index is -1.52. The molecule has 1 heterocycles. The standard InChI is InChI=1S/C33H56O10/c1-17(2)6-7-25(36)32(5,40)24-10-13-33(41)20-15-22(35)21-14-18(8-11-30(21,3)19(20)9-12-31(24,33)4)42-29-28(39)27(38)26(37)23(16-34)43-29/h17-21,23-29,34,36-41H,6-16H2,1-5H3/t18?,19-,20+,21?,23+,24-,25?,26+,27+,28+,29+,30+,31+,32+,33+/m0/s1. The van der Waals surface area contributed by atoms with Crippen LogP contribution in [0.5, 0.6) is 0 Å². The third-order valence-electron chi connectivity index (χ3n) is 13.2. The van der Waals surface area contributed by atoms with Gasteiger partial charge >= 0.3 is 0 Å². The first kappa shape index (κ1) is 33.7. The summed E-state index contributed by atoms with van der Waals surface area (Å²) in [5.41, 5.74) is -3.42. The Morgan fingerprint density at radius 2 is 1.70 bits per heavy atom. The summed E-state index contributed by atoms with van der Waals surface area (Å²) in [5.74, 6) is -0.167. The first-order valence-corrected chi connectivity index (χ1v) is 16.6. The van der Waals surface area contributed by atoms with Gasteiger partial charge in [-0.1, -0.05) is 27.7 Å². The largest absolute Gasteiger partial charge is 0.394 e. The zero-order valence-electron chi connectivity index (χ0n) is 26.6. The highest BCUT2D eigenvalue weighted by Gasteiger charge is 2.71. The van der Waals surface area contributed by atoms with Crippen molar-refractivity contribution < 1.29 is 50.0 Å². The van der Waals surface area contributed by atoms with Gasteiger partial charge in [-0.15, -0.1) is 0 Å². The van der Waals surface area contributed by atoms with Crippen LogP contribution in [0.3, 0.4) is 0 Å². The van der Waals surface area contributed by atoms with E-state index < -0.39 is 66.1 Å². The third-order valence-corrected chi connectivity index (χ3v) is 13.2. The Morgan fingerprint density at radius 1 is 1.00 bits per heavy atom. The third kappa shape index (κ3) is 5.34. The summed E-state index contributed by atoms with van der Waals surface area (Å²) in [4.78, 5) is 13.9. The molecule has 5 aliphatic rings. The van der Waals surface area contributed by atoms with E-state index in [0.29, 0.717) is 50.9 Å². The zero-order valence-corrected chi connectivity index (χ0v) is 26.6. The van der Waals surface area contributed by atoms with Crippen LogP contribution < -0.4 is 0 Å². The number of aliphatic hydroxyl groups is 7. The lowest BCUT2D eigenvalue weighted by atomic mass is 9.42. The van der Waals surface area contributed by atoms with Crippen LogP contribution in [0.25, 0.3) is 0 Å². The molecule has 0 radical (unpaired) electrons. The molecular weight excluding hydrogens is 556 g/mol. The van der Waals surface area contributed by atoms with Crippen molar-refractivity contribution in [2.24, 2.45) is 40.4 Å². The van der Waals surface area contributed by atoms with E-state index in [1.807, 2.05) is 0 Å². The molecule has 10 heteroatoms. The predicted molar refractivity (Wildman–Crippen MR) is 156 cm³/mol. The average Bonchev–Trinajstić information content (AvgIpc) is 3.24. The molecule has 0 amide bonds. The van der Waals surface area contributed by atoms with Crippen LogP contribution in [0.1, 0.15) is 98.8 Å². The predicted octanol–water partition coefficient (Wildman–Crippen LogP) is 1.67. The molecule has 1 saturated heterocycles. The molecule has 4 saturated carbocycles. The number of hydrogen-bond acceptors (Lipinski definition) is 10. The van der Waals surface area contributed by atoms with Crippen LogP contribution in [-0.4, -0.2) is 102 Å². The number of aliphatic hydroxyl groups excluding tert-OH is 5. The van der Waals surface area contributed by atoms with Crippen molar-refractivity contribution in [3.63, 3.8) is 0 Å². The van der Waals surface area contributed by atoms with Crippen LogP contribution in [0.4, 0.5) is 0 Å². The summed E-state index contributed by atoms with van der Waals surface area (Å²) < 4.78 is 11.7. The fourth-order valence-corrected chi connectivity index (χ4v) is 10.4. The normalized spacial score (nSPS) is 50.5. The molecule has 1 aliphatic heterocycles. The smallest absolute Gasteiger partial charge is 0.186 e. The Morgan fingerprint density at radius 3 is 2.35 bits per heavy atom. The molecule has 5 fully saturated rings. The van der Waals surface area contributed by atoms with Gasteiger partial charge in [-0.3, -0.25) is 4.79 Å². The summed E-state index contributed by atoms with van der Waals surface area (Å²) in [7, 11) is 0. The van der Waals surface area contributed by atoms with Crippen LogP contribution >= 0.6 is 0 Å². The fourth-order valence-electron chi connectivity index (χ4n) is 10.4. The first-order valence-electron chi connectivity index (χ1n) is 16.6. The van der Waals surface area contributed by atoms with Gasteiger partial charge in [0.05, 0.1) is 30.0 Å². The summed E-state index contributed by atoms with van der Waals surface area (Å²) in [6.07, 6.45) is -2.10. The van der Waals surface area contributed by atoms with Gasteiger partial charge in [0.1, 0.15) is 30.2 Å². The van der Waals surface area contributed by atoms with Gasteiger partial charge < -0.3 is 45.2 Å². The van der Waals surface area contributed by atoms with Crippen molar-refractivity contribution in [2.45, 2.75) is 153 Å². The second kappa shape index (κ2) is 11.8. The van der Waals surface area contributed by atoms with E-state index in [1.165, 1.54) is 0 Å². The molecule has 4 aliphatic carbocycles. The van der Waals surface area contributed by atoms with E-state index in [2.05, 4.69) is 27.7 Å². The van der Waals surface area contributed by atoms with Gasteiger partial charge in [0.25, 0.3) is 0 Å². The Labute approximate surface area is 255 Å². The highest BCUT2D eigenvalue weighted by Crippen LogP contribution is 2.70. The number of carbonyl (C=O) groups is 1. The summed E-state index contributed by atoms with van der Waals surface area (Å²) in [6, 6.07) is 0. The Hall–Kier alpha value is -0.690. The number of rotatable bonds is 8. The quantitative estimate of drug-likeness (QED) is 0.200. The highest BCUT2D eigenvalue weighted by atomic mass is 16.7. The minimum absolute atomic E-state index is 0.0932.